The molecule has 2 amide bonds. The fraction of sp³-hybridized carbons (Fsp3) is 0.394. The maximum absolute atomic E-state index is 12.0. The molecule has 1 saturated heterocycles. The number of hydrogen-bond acceptors (Lipinski definition) is 6. The molecule has 1 saturated carbocycles. The van der Waals surface area contributed by atoms with Crippen LogP contribution in [0.2, 0.25) is 0 Å². The van der Waals surface area contributed by atoms with Crippen LogP contribution in [-0.2, 0) is 11.2 Å². The smallest absolute Gasteiger partial charge is 0.286 e. The van der Waals surface area contributed by atoms with E-state index < -0.39 is 5.25 Å². The van der Waals surface area contributed by atoms with Gasteiger partial charge in [0.25, 0.3) is 5.24 Å². The van der Waals surface area contributed by atoms with Gasteiger partial charge in [0.2, 0.25) is 5.91 Å². The van der Waals surface area contributed by atoms with Crippen LogP contribution in [0.5, 0.6) is 23.0 Å². The molecule has 1 heterocycles. The summed E-state index contributed by atoms with van der Waals surface area (Å²) in [5.74, 6) is 3.63. The first-order chi connectivity index (χ1) is 19.6. The predicted molar refractivity (Wildman–Crippen MR) is 159 cm³/mol. The van der Waals surface area contributed by atoms with Crippen molar-refractivity contribution in [3.05, 3.63) is 83.4 Å². The number of nitrogens with one attached hydrogen (secondary N) is 1. The third-order valence-corrected chi connectivity index (χ3v) is 8.42. The summed E-state index contributed by atoms with van der Waals surface area (Å²) in [5, 5.41) is 1.48. The molecule has 1 aliphatic heterocycles. The highest BCUT2D eigenvalue weighted by atomic mass is 32.2. The minimum atomic E-state index is -0.524. The van der Waals surface area contributed by atoms with Crippen LogP contribution in [0, 0.1) is 0 Å². The summed E-state index contributed by atoms with van der Waals surface area (Å²) in [7, 11) is 0. The van der Waals surface area contributed by atoms with E-state index in [0.717, 1.165) is 53.0 Å². The zero-order valence-electron chi connectivity index (χ0n) is 23.0. The molecule has 2 fully saturated rings. The Morgan fingerprint density at radius 2 is 1.55 bits per heavy atom. The highest BCUT2D eigenvalue weighted by molar-refractivity contribution is 8.15. The summed E-state index contributed by atoms with van der Waals surface area (Å²) < 4.78 is 18.3. The van der Waals surface area contributed by atoms with E-state index in [-0.39, 0.29) is 11.1 Å². The van der Waals surface area contributed by atoms with Gasteiger partial charge in [-0.3, -0.25) is 14.9 Å². The average Bonchev–Trinajstić information content (AvgIpc) is 3.32. The molecule has 1 aliphatic carbocycles. The molecule has 0 aromatic heterocycles. The Morgan fingerprint density at radius 3 is 2.33 bits per heavy atom. The van der Waals surface area contributed by atoms with Gasteiger partial charge in [-0.25, -0.2) is 0 Å². The summed E-state index contributed by atoms with van der Waals surface area (Å²) in [6.07, 6.45) is 9.17. The van der Waals surface area contributed by atoms with Gasteiger partial charge < -0.3 is 14.2 Å². The van der Waals surface area contributed by atoms with Crippen LogP contribution in [0.1, 0.15) is 79.7 Å². The van der Waals surface area contributed by atoms with Crippen molar-refractivity contribution in [2.75, 3.05) is 13.2 Å². The first-order valence-corrected chi connectivity index (χ1v) is 15.2. The predicted octanol–water partition coefficient (Wildman–Crippen LogP) is 8.35. The van der Waals surface area contributed by atoms with E-state index in [1.54, 1.807) is 0 Å². The Bertz CT molecular complexity index is 1320. The highest BCUT2D eigenvalue weighted by Gasteiger charge is 2.33. The number of amides is 2. The standard InChI is InChI=1S/C33H37NO5S/c1-2-9-25-21-29(39-28-15-6-12-24(20-28)23-10-4-3-5-11-23)16-17-30(25)38-19-8-18-37-27-14-7-13-26(22-27)31-32(35)34-33(36)40-31/h6-7,12-17,20-23,31H,2-5,8-11,18-19H2,1H3,(H,34,35,36). The molecule has 0 radical (unpaired) electrons. The molecule has 3 aromatic rings. The topological polar surface area (TPSA) is 73.9 Å². The van der Waals surface area contributed by atoms with Gasteiger partial charge in [0.15, 0.2) is 0 Å². The normalized spacial score (nSPS) is 17.5. The maximum Gasteiger partial charge on any atom is 0.286 e. The lowest BCUT2D eigenvalue weighted by Crippen LogP contribution is -2.20. The second kappa shape index (κ2) is 13.8. The van der Waals surface area contributed by atoms with Gasteiger partial charge in [0.1, 0.15) is 28.2 Å². The quantitative estimate of drug-likeness (QED) is 0.225. The molecule has 2 aliphatic rings. The van der Waals surface area contributed by atoms with Crippen LogP contribution in [0.15, 0.2) is 66.7 Å². The molecule has 1 N–H and O–H groups in total. The van der Waals surface area contributed by atoms with E-state index in [9.17, 15) is 9.59 Å². The van der Waals surface area contributed by atoms with Crippen LogP contribution >= 0.6 is 11.8 Å². The summed E-state index contributed by atoms with van der Waals surface area (Å²) >= 11 is 0.994. The number of ether oxygens (including phenoxy) is 3. The SMILES string of the molecule is CCCc1cc(Oc2cccc(C3CCCCC3)c2)ccc1OCCCOc1cccc(C2SC(=O)NC2=O)c1. The lowest BCUT2D eigenvalue weighted by atomic mass is 9.84. The van der Waals surface area contributed by atoms with E-state index in [1.165, 1.54) is 37.7 Å². The summed E-state index contributed by atoms with van der Waals surface area (Å²) in [6.45, 7) is 3.17. The highest BCUT2D eigenvalue weighted by Crippen LogP contribution is 2.37. The van der Waals surface area contributed by atoms with E-state index in [2.05, 4.69) is 36.5 Å². The number of carbonyl (C=O) groups is 2. The molecular weight excluding hydrogens is 522 g/mol. The minimum absolute atomic E-state index is 0.284. The van der Waals surface area contributed by atoms with Crippen LogP contribution in [0.3, 0.4) is 0 Å². The van der Waals surface area contributed by atoms with Gasteiger partial charge in [-0.1, -0.05) is 56.9 Å². The van der Waals surface area contributed by atoms with Crippen LogP contribution in [0.25, 0.3) is 0 Å². The number of rotatable bonds is 12. The molecule has 1 atom stereocenters. The number of benzene rings is 3. The lowest BCUT2D eigenvalue weighted by molar-refractivity contribution is -0.119. The third-order valence-electron chi connectivity index (χ3n) is 7.39. The molecule has 0 spiro atoms. The van der Waals surface area contributed by atoms with Crippen molar-refractivity contribution in [3.63, 3.8) is 0 Å². The Labute approximate surface area is 240 Å². The van der Waals surface area contributed by atoms with E-state index in [1.807, 2.05) is 42.5 Å². The van der Waals surface area contributed by atoms with Gasteiger partial charge in [-0.2, -0.15) is 0 Å². The second-order valence-electron chi connectivity index (χ2n) is 10.4. The van der Waals surface area contributed by atoms with Gasteiger partial charge in [-0.05, 0) is 96.1 Å². The van der Waals surface area contributed by atoms with Crippen LogP contribution in [0.4, 0.5) is 4.79 Å². The minimum Gasteiger partial charge on any atom is -0.493 e. The molecular formula is C33H37NO5S. The first-order valence-electron chi connectivity index (χ1n) is 14.4. The zero-order valence-corrected chi connectivity index (χ0v) is 23.8. The van der Waals surface area contributed by atoms with Crippen LogP contribution < -0.4 is 19.5 Å². The van der Waals surface area contributed by atoms with Gasteiger partial charge in [-0.15, -0.1) is 0 Å². The first kappa shape index (κ1) is 28.1. The molecule has 40 heavy (non-hydrogen) atoms. The van der Waals surface area contributed by atoms with E-state index in [4.69, 9.17) is 14.2 Å². The molecule has 7 heteroatoms. The fourth-order valence-corrected chi connectivity index (χ4v) is 6.23. The molecule has 6 nitrogen and oxygen atoms in total. The molecule has 0 bridgehead atoms. The monoisotopic (exact) mass is 559 g/mol. The largest absolute Gasteiger partial charge is 0.493 e. The van der Waals surface area contributed by atoms with Crippen molar-refractivity contribution in [2.24, 2.45) is 0 Å². The Morgan fingerprint density at radius 1 is 0.825 bits per heavy atom. The van der Waals surface area contributed by atoms with Crippen molar-refractivity contribution < 1.29 is 23.8 Å². The van der Waals surface area contributed by atoms with Crippen molar-refractivity contribution in [1.82, 2.24) is 5.32 Å². The molecule has 5 rings (SSSR count). The van der Waals surface area contributed by atoms with Crippen molar-refractivity contribution in [1.29, 1.82) is 0 Å². The Balaban J connectivity index is 1.13. The second-order valence-corrected chi connectivity index (χ2v) is 11.5. The number of hydrogen-bond donors (Lipinski definition) is 1. The molecule has 1 unspecified atom stereocenters. The van der Waals surface area contributed by atoms with Crippen molar-refractivity contribution in [3.8, 4) is 23.0 Å². The fourth-order valence-electron chi connectivity index (χ4n) is 5.40. The van der Waals surface area contributed by atoms with E-state index >= 15 is 0 Å². The number of aryl methyl sites for hydroxylation is 1. The Kier molecular flexibility index (Phi) is 9.66. The number of carbonyl (C=O) groups excluding carboxylic acids is 2. The van der Waals surface area contributed by atoms with Crippen molar-refractivity contribution >= 4 is 22.9 Å². The lowest BCUT2D eigenvalue weighted by Gasteiger charge is -2.22. The van der Waals surface area contributed by atoms with E-state index in [0.29, 0.717) is 31.3 Å². The zero-order chi connectivity index (χ0) is 27.7. The van der Waals surface area contributed by atoms with Crippen LogP contribution in [-0.4, -0.2) is 24.4 Å². The number of imide groups is 1. The van der Waals surface area contributed by atoms with Crippen molar-refractivity contribution in [2.45, 2.75) is 69.5 Å². The summed E-state index contributed by atoms with van der Waals surface area (Å²) in [4.78, 5) is 23.5. The van der Waals surface area contributed by atoms with Gasteiger partial charge in [0.05, 0.1) is 13.2 Å². The van der Waals surface area contributed by atoms with Gasteiger partial charge in [0, 0.05) is 6.42 Å². The third kappa shape index (κ3) is 7.39. The number of thioether (sulfide) groups is 1. The Hall–Kier alpha value is -3.45. The molecule has 3 aromatic carbocycles. The maximum atomic E-state index is 12.0. The summed E-state index contributed by atoms with van der Waals surface area (Å²) in [5.41, 5.74) is 3.28. The average molecular weight is 560 g/mol. The summed E-state index contributed by atoms with van der Waals surface area (Å²) in [6, 6.07) is 22.0. The van der Waals surface area contributed by atoms with Gasteiger partial charge >= 0.3 is 0 Å². The molecule has 210 valence electrons.